The van der Waals surface area contributed by atoms with Gasteiger partial charge in [0.05, 0.1) is 11.9 Å². The Bertz CT molecular complexity index is 624. The molecule has 0 amide bonds. The third-order valence-corrected chi connectivity index (χ3v) is 2.48. The van der Waals surface area contributed by atoms with Crippen LogP contribution in [-0.4, -0.2) is 24.3 Å². The van der Waals surface area contributed by atoms with Crippen LogP contribution in [0.2, 0.25) is 0 Å². The van der Waals surface area contributed by atoms with Gasteiger partial charge in [-0.15, -0.1) is 0 Å². The maximum atomic E-state index is 4.26. The molecule has 0 fully saturated rings. The van der Waals surface area contributed by atoms with Gasteiger partial charge in [0.2, 0.25) is 0 Å². The monoisotopic (exact) mass is 225 g/mol. The van der Waals surface area contributed by atoms with E-state index in [9.17, 15) is 0 Å². The predicted molar refractivity (Wildman–Crippen MR) is 63.6 cm³/mol. The average Bonchev–Trinajstić information content (AvgIpc) is 3.00. The zero-order valence-electron chi connectivity index (χ0n) is 9.35. The highest BCUT2D eigenvalue weighted by Gasteiger charge is 2.05. The number of pyridine rings is 1. The minimum absolute atomic E-state index is 0.689. The highest BCUT2D eigenvalue weighted by atomic mass is 15.3. The van der Waals surface area contributed by atoms with Crippen molar-refractivity contribution in [1.82, 2.24) is 24.3 Å². The lowest BCUT2D eigenvalue weighted by molar-refractivity contribution is 0.768. The lowest BCUT2D eigenvalue weighted by Gasteiger charge is -2.03. The molecule has 0 spiro atoms. The van der Waals surface area contributed by atoms with E-state index in [0.717, 1.165) is 11.3 Å². The van der Waals surface area contributed by atoms with Crippen molar-refractivity contribution < 1.29 is 0 Å². The fraction of sp³-hybridized carbons (Fsp3) is 0.0833. The molecule has 0 saturated carbocycles. The number of aryl methyl sites for hydroxylation is 1. The van der Waals surface area contributed by atoms with Gasteiger partial charge in [-0.25, -0.2) is 4.98 Å². The van der Waals surface area contributed by atoms with Crippen molar-refractivity contribution in [1.29, 1.82) is 0 Å². The van der Waals surface area contributed by atoms with Gasteiger partial charge in [0.1, 0.15) is 6.33 Å². The van der Waals surface area contributed by atoms with E-state index in [1.54, 1.807) is 17.2 Å². The summed E-state index contributed by atoms with van der Waals surface area (Å²) >= 11 is 0. The summed E-state index contributed by atoms with van der Waals surface area (Å²) in [5.41, 5.74) is 1.91. The number of hydrogen-bond acceptors (Lipinski definition) is 3. The van der Waals surface area contributed by atoms with Gasteiger partial charge < -0.3 is 4.57 Å². The van der Waals surface area contributed by atoms with Gasteiger partial charge in [0, 0.05) is 31.2 Å². The molecule has 0 saturated heterocycles. The number of hydrogen-bond donors (Lipinski definition) is 0. The van der Waals surface area contributed by atoms with Gasteiger partial charge in [-0.2, -0.15) is 5.10 Å². The van der Waals surface area contributed by atoms with Crippen molar-refractivity contribution >= 4 is 0 Å². The van der Waals surface area contributed by atoms with Gasteiger partial charge in [0.15, 0.2) is 5.82 Å². The molecule has 0 aliphatic heterocycles. The highest BCUT2D eigenvalue weighted by molar-refractivity contribution is 5.56. The first-order valence-electron chi connectivity index (χ1n) is 5.27. The lowest BCUT2D eigenvalue weighted by Crippen LogP contribution is -1.93. The molecule has 3 aromatic rings. The first kappa shape index (κ1) is 9.77. The summed E-state index contributed by atoms with van der Waals surface area (Å²) in [7, 11) is 1.85. The molecule has 3 rings (SSSR count). The molecule has 0 aromatic carbocycles. The van der Waals surface area contributed by atoms with Crippen molar-refractivity contribution in [2.24, 2.45) is 7.05 Å². The van der Waals surface area contributed by atoms with E-state index in [1.807, 2.05) is 48.4 Å². The minimum atomic E-state index is 0.689. The molecule has 3 heterocycles. The molecule has 3 aromatic heterocycles. The van der Waals surface area contributed by atoms with E-state index >= 15 is 0 Å². The maximum Gasteiger partial charge on any atom is 0.182 e. The van der Waals surface area contributed by atoms with Crippen LogP contribution in [0.1, 0.15) is 0 Å². The number of rotatable bonds is 2. The molecule has 84 valence electrons. The molecular weight excluding hydrogens is 214 g/mol. The predicted octanol–water partition coefficient (Wildman–Crippen LogP) is 1.67. The second-order valence-corrected chi connectivity index (χ2v) is 3.76. The quantitative estimate of drug-likeness (QED) is 0.666. The summed E-state index contributed by atoms with van der Waals surface area (Å²) in [6.07, 6.45) is 9.21. The molecule has 0 bridgehead atoms. The van der Waals surface area contributed by atoms with Crippen LogP contribution >= 0.6 is 0 Å². The largest absolute Gasteiger partial charge is 0.322 e. The van der Waals surface area contributed by atoms with Crippen LogP contribution in [0, 0.1) is 0 Å². The summed E-state index contributed by atoms with van der Waals surface area (Å²) in [5.74, 6) is 0.689. The Morgan fingerprint density at radius 2 is 1.94 bits per heavy atom. The summed E-state index contributed by atoms with van der Waals surface area (Å²) in [6, 6.07) is 5.97. The van der Waals surface area contributed by atoms with Crippen molar-refractivity contribution in [3.8, 4) is 17.1 Å². The lowest BCUT2D eigenvalue weighted by atomic mass is 10.2. The highest BCUT2D eigenvalue weighted by Crippen LogP contribution is 2.16. The topological polar surface area (TPSA) is 48.5 Å². The van der Waals surface area contributed by atoms with Crippen LogP contribution in [-0.2, 0) is 7.05 Å². The summed E-state index contributed by atoms with van der Waals surface area (Å²) in [4.78, 5) is 8.43. The van der Waals surface area contributed by atoms with Crippen molar-refractivity contribution in [2.75, 3.05) is 0 Å². The minimum Gasteiger partial charge on any atom is -0.322 e. The molecule has 0 unspecified atom stereocenters. The summed E-state index contributed by atoms with van der Waals surface area (Å²) in [6.45, 7) is 0. The first-order chi connectivity index (χ1) is 8.33. The van der Waals surface area contributed by atoms with Crippen LogP contribution in [0.25, 0.3) is 17.1 Å². The van der Waals surface area contributed by atoms with E-state index < -0.39 is 0 Å². The van der Waals surface area contributed by atoms with Crippen LogP contribution in [0.3, 0.4) is 0 Å². The van der Waals surface area contributed by atoms with E-state index in [2.05, 4.69) is 15.1 Å². The van der Waals surface area contributed by atoms with Gasteiger partial charge in [-0.05, 0) is 18.2 Å². The van der Waals surface area contributed by atoms with Crippen LogP contribution in [0.5, 0.6) is 0 Å². The number of nitrogens with zero attached hydrogens (tertiary/aromatic N) is 5. The molecule has 17 heavy (non-hydrogen) atoms. The molecule has 5 nitrogen and oxygen atoms in total. The Hall–Kier alpha value is -2.43. The van der Waals surface area contributed by atoms with Gasteiger partial charge in [-0.1, -0.05) is 0 Å². The fourth-order valence-corrected chi connectivity index (χ4v) is 1.67. The van der Waals surface area contributed by atoms with Gasteiger partial charge >= 0.3 is 0 Å². The Kier molecular flexibility index (Phi) is 2.22. The van der Waals surface area contributed by atoms with Crippen molar-refractivity contribution in [3.05, 3.63) is 49.3 Å². The Morgan fingerprint density at radius 3 is 2.65 bits per heavy atom. The van der Waals surface area contributed by atoms with Crippen molar-refractivity contribution in [3.63, 3.8) is 0 Å². The zero-order valence-corrected chi connectivity index (χ0v) is 9.35. The average molecular weight is 225 g/mol. The van der Waals surface area contributed by atoms with E-state index in [4.69, 9.17) is 0 Å². The van der Waals surface area contributed by atoms with Gasteiger partial charge in [-0.3, -0.25) is 9.67 Å². The van der Waals surface area contributed by atoms with E-state index in [-0.39, 0.29) is 0 Å². The SMILES string of the molecule is Cn1cnc(-c2cncc(-n3cccc3)c2)n1. The Balaban J connectivity index is 2.05. The standard InChI is InChI=1S/C12H11N5/c1-16-9-14-12(15-16)10-6-11(8-13-7-10)17-4-2-3-5-17/h2-9H,1H3. The van der Waals surface area contributed by atoms with E-state index in [0.29, 0.717) is 5.82 Å². The molecular formula is C12H11N5. The molecule has 0 aliphatic carbocycles. The smallest absolute Gasteiger partial charge is 0.182 e. The molecule has 0 N–H and O–H groups in total. The third-order valence-electron chi connectivity index (χ3n) is 2.48. The Morgan fingerprint density at radius 1 is 1.12 bits per heavy atom. The molecule has 0 atom stereocenters. The third kappa shape index (κ3) is 1.82. The van der Waals surface area contributed by atoms with Gasteiger partial charge in [0.25, 0.3) is 0 Å². The number of aromatic nitrogens is 5. The second kappa shape index (κ2) is 3.86. The van der Waals surface area contributed by atoms with E-state index in [1.165, 1.54) is 0 Å². The van der Waals surface area contributed by atoms with Crippen LogP contribution < -0.4 is 0 Å². The fourth-order valence-electron chi connectivity index (χ4n) is 1.67. The molecule has 5 heteroatoms. The van der Waals surface area contributed by atoms with Crippen LogP contribution in [0.15, 0.2) is 49.3 Å². The first-order valence-corrected chi connectivity index (χ1v) is 5.27. The zero-order chi connectivity index (χ0) is 11.7. The second-order valence-electron chi connectivity index (χ2n) is 3.76. The summed E-state index contributed by atoms with van der Waals surface area (Å²) in [5, 5.41) is 4.26. The molecule has 0 aliphatic rings. The van der Waals surface area contributed by atoms with Crippen LogP contribution in [0.4, 0.5) is 0 Å². The molecule has 0 radical (unpaired) electrons. The van der Waals surface area contributed by atoms with Crippen molar-refractivity contribution in [2.45, 2.75) is 0 Å². The normalized spacial score (nSPS) is 10.6. The maximum absolute atomic E-state index is 4.26. The summed E-state index contributed by atoms with van der Waals surface area (Å²) < 4.78 is 3.68. The Labute approximate surface area is 98.4 Å².